The standard InChI is InChI=1S/C17H25N3O4/c1-23-14-6-5-12(10-15(14)24-2)17(22)20-9-3-4-13(11-20)16(21)19-8-7-18/h5-6,10,13H,3-4,7-9,11,18H2,1-2H3,(H,19,21). The summed E-state index contributed by atoms with van der Waals surface area (Å²) < 4.78 is 10.4. The summed E-state index contributed by atoms with van der Waals surface area (Å²) in [5.41, 5.74) is 5.93. The lowest BCUT2D eigenvalue weighted by Crippen LogP contribution is -2.46. The number of hydrogen-bond donors (Lipinski definition) is 2. The van der Waals surface area contributed by atoms with E-state index in [1.54, 1.807) is 30.2 Å². The predicted molar refractivity (Wildman–Crippen MR) is 90.2 cm³/mol. The van der Waals surface area contributed by atoms with Crippen LogP contribution in [-0.2, 0) is 4.79 Å². The molecule has 0 aromatic heterocycles. The van der Waals surface area contributed by atoms with E-state index >= 15 is 0 Å². The minimum atomic E-state index is -0.186. The average molecular weight is 335 g/mol. The molecule has 0 spiro atoms. The number of nitrogens with one attached hydrogen (secondary N) is 1. The summed E-state index contributed by atoms with van der Waals surface area (Å²) in [6.45, 7) is 1.93. The fourth-order valence-corrected chi connectivity index (χ4v) is 2.87. The van der Waals surface area contributed by atoms with Gasteiger partial charge in [0.05, 0.1) is 20.1 Å². The highest BCUT2D eigenvalue weighted by Gasteiger charge is 2.29. The molecule has 1 aliphatic rings. The van der Waals surface area contributed by atoms with Crippen LogP contribution in [-0.4, -0.2) is 57.1 Å². The molecule has 1 aromatic rings. The number of hydrogen-bond acceptors (Lipinski definition) is 5. The predicted octanol–water partition coefficient (Wildman–Crippen LogP) is 0.631. The van der Waals surface area contributed by atoms with Crippen molar-refractivity contribution in [1.29, 1.82) is 0 Å². The molecule has 1 heterocycles. The number of amides is 2. The zero-order valence-electron chi connectivity index (χ0n) is 14.2. The van der Waals surface area contributed by atoms with Crippen LogP contribution >= 0.6 is 0 Å². The van der Waals surface area contributed by atoms with Crippen LogP contribution in [0.1, 0.15) is 23.2 Å². The van der Waals surface area contributed by atoms with E-state index in [0.717, 1.165) is 12.8 Å². The summed E-state index contributed by atoms with van der Waals surface area (Å²) in [5.74, 6) is 0.760. The number of likely N-dealkylation sites (tertiary alicyclic amines) is 1. The van der Waals surface area contributed by atoms with Crippen molar-refractivity contribution in [2.75, 3.05) is 40.4 Å². The third-order valence-corrected chi connectivity index (χ3v) is 4.15. The van der Waals surface area contributed by atoms with Crippen molar-refractivity contribution in [3.63, 3.8) is 0 Å². The van der Waals surface area contributed by atoms with Gasteiger partial charge in [-0.1, -0.05) is 0 Å². The molecule has 3 N–H and O–H groups in total. The zero-order valence-corrected chi connectivity index (χ0v) is 14.2. The third kappa shape index (κ3) is 4.17. The van der Waals surface area contributed by atoms with E-state index < -0.39 is 0 Å². The van der Waals surface area contributed by atoms with Crippen LogP contribution in [0.5, 0.6) is 11.5 Å². The van der Waals surface area contributed by atoms with Crippen molar-refractivity contribution in [1.82, 2.24) is 10.2 Å². The Balaban J connectivity index is 2.07. The van der Waals surface area contributed by atoms with E-state index in [0.29, 0.717) is 43.2 Å². The highest BCUT2D eigenvalue weighted by atomic mass is 16.5. The normalized spacial score (nSPS) is 17.3. The van der Waals surface area contributed by atoms with E-state index in [9.17, 15) is 9.59 Å². The Kier molecular flexibility index (Phi) is 6.43. The number of carbonyl (C=O) groups is 2. The second-order valence-corrected chi connectivity index (χ2v) is 5.74. The third-order valence-electron chi connectivity index (χ3n) is 4.15. The topological polar surface area (TPSA) is 93.9 Å². The van der Waals surface area contributed by atoms with Crippen LogP contribution < -0.4 is 20.5 Å². The van der Waals surface area contributed by atoms with Gasteiger partial charge in [-0.25, -0.2) is 0 Å². The average Bonchev–Trinajstić information content (AvgIpc) is 2.64. The van der Waals surface area contributed by atoms with Gasteiger partial charge in [0.25, 0.3) is 5.91 Å². The van der Waals surface area contributed by atoms with Gasteiger partial charge < -0.3 is 25.4 Å². The molecule has 2 amide bonds. The van der Waals surface area contributed by atoms with Crippen molar-refractivity contribution >= 4 is 11.8 Å². The fourth-order valence-electron chi connectivity index (χ4n) is 2.87. The maximum atomic E-state index is 12.7. The summed E-state index contributed by atoms with van der Waals surface area (Å²) in [6, 6.07) is 5.09. The first-order chi connectivity index (χ1) is 11.6. The first-order valence-electron chi connectivity index (χ1n) is 8.09. The van der Waals surface area contributed by atoms with Gasteiger partial charge in [-0.15, -0.1) is 0 Å². The maximum absolute atomic E-state index is 12.7. The molecule has 1 aromatic carbocycles. The summed E-state index contributed by atoms with van der Waals surface area (Å²) >= 11 is 0. The molecule has 7 heteroatoms. The van der Waals surface area contributed by atoms with E-state index in [1.165, 1.54) is 7.11 Å². The Hall–Kier alpha value is -2.28. The molecule has 7 nitrogen and oxygen atoms in total. The first kappa shape index (κ1) is 18.1. The van der Waals surface area contributed by atoms with Crippen LogP contribution in [0, 0.1) is 5.92 Å². The second-order valence-electron chi connectivity index (χ2n) is 5.74. The van der Waals surface area contributed by atoms with Crippen molar-refractivity contribution in [2.24, 2.45) is 11.7 Å². The number of nitrogens with zero attached hydrogens (tertiary/aromatic N) is 1. The maximum Gasteiger partial charge on any atom is 0.254 e. The minimum Gasteiger partial charge on any atom is -0.493 e. The number of benzene rings is 1. The van der Waals surface area contributed by atoms with E-state index in [2.05, 4.69) is 5.32 Å². The number of nitrogens with two attached hydrogens (primary N) is 1. The minimum absolute atomic E-state index is 0.0368. The van der Waals surface area contributed by atoms with Gasteiger partial charge in [0.1, 0.15) is 0 Å². The van der Waals surface area contributed by atoms with E-state index in [4.69, 9.17) is 15.2 Å². The van der Waals surface area contributed by atoms with Crippen molar-refractivity contribution in [3.8, 4) is 11.5 Å². The lowest BCUT2D eigenvalue weighted by molar-refractivity contribution is -0.126. The largest absolute Gasteiger partial charge is 0.493 e. The second kappa shape index (κ2) is 8.54. The molecule has 1 aliphatic heterocycles. The molecular formula is C17H25N3O4. The van der Waals surface area contributed by atoms with Gasteiger partial charge >= 0.3 is 0 Å². The lowest BCUT2D eigenvalue weighted by Gasteiger charge is -2.32. The van der Waals surface area contributed by atoms with Crippen LogP contribution in [0.4, 0.5) is 0 Å². The smallest absolute Gasteiger partial charge is 0.254 e. The summed E-state index contributed by atoms with van der Waals surface area (Å²) in [6.07, 6.45) is 1.59. The Bertz CT molecular complexity index is 591. The van der Waals surface area contributed by atoms with Crippen LogP contribution in [0.25, 0.3) is 0 Å². The lowest BCUT2D eigenvalue weighted by atomic mass is 9.96. The van der Waals surface area contributed by atoms with Gasteiger partial charge in [-0.3, -0.25) is 9.59 Å². The number of methoxy groups -OCH3 is 2. The Labute approximate surface area is 142 Å². The molecule has 0 aliphatic carbocycles. The highest BCUT2D eigenvalue weighted by molar-refractivity contribution is 5.95. The monoisotopic (exact) mass is 335 g/mol. The molecule has 2 rings (SSSR count). The highest BCUT2D eigenvalue weighted by Crippen LogP contribution is 2.28. The number of piperidine rings is 1. The van der Waals surface area contributed by atoms with Crippen molar-refractivity contribution < 1.29 is 19.1 Å². The molecule has 1 atom stereocenters. The van der Waals surface area contributed by atoms with Crippen molar-refractivity contribution in [3.05, 3.63) is 23.8 Å². The molecule has 0 bridgehead atoms. The quantitative estimate of drug-likeness (QED) is 0.795. The van der Waals surface area contributed by atoms with E-state index in [1.807, 2.05) is 0 Å². The Morgan fingerprint density at radius 3 is 2.71 bits per heavy atom. The first-order valence-corrected chi connectivity index (χ1v) is 8.09. The molecule has 1 saturated heterocycles. The molecule has 132 valence electrons. The van der Waals surface area contributed by atoms with Gasteiger partial charge in [-0.2, -0.15) is 0 Å². The zero-order chi connectivity index (χ0) is 17.5. The van der Waals surface area contributed by atoms with Crippen LogP contribution in [0.3, 0.4) is 0 Å². The molecule has 0 saturated carbocycles. The van der Waals surface area contributed by atoms with Crippen LogP contribution in [0.2, 0.25) is 0 Å². The molecule has 1 fully saturated rings. The van der Waals surface area contributed by atoms with E-state index in [-0.39, 0.29) is 17.7 Å². The van der Waals surface area contributed by atoms with Crippen molar-refractivity contribution in [2.45, 2.75) is 12.8 Å². The Morgan fingerprint density at radius 1 is 1.29 bits per heavy atom. The van der Waals surface area contributed by atoms with Gasteiger partial charge in [0.15, 0.2) is 11.5 Å². The fraction of sp³-hybridized carbons (Fsp3) is 0.529. The molecule has 1 unspecified atom stereocenters. The van der Waals surface area contributed by atoms with Gasteiger partial charge in [-0.05, 0) is 31.0 Å². The van der Waals surface area contributed by atoms with Gasteiger partial charge in [0, 0.05) is 31.7 Å². The molecule has 24 heavy (non-hydrogen) atoms. The van der Waals surface area contributed by atoms with Crippen LogP contribution in [0.15, 0.2) is 18.2 Å². The summed E-state index contributed by atoms with van der Waals surface area (Å²) in [7, 11) is 3.08. The molecule has 0 radical (unpaired) electrons. The molecular weight excluding hydrogens is 310 g/mol. The summed E-state index contributed by atoms with van der Waals surface area (Å²) in [5, 5.41) is 2.80. The Morgan fingerprint density at radius 2 is 2.04 bits per heavy atom. The number of ether oxygens (including phenoxy) is 2. The number of carbonyl (C=O) groups excluding carboxylic acids is 2. The van der Waals surface area contributed by atoms with Gasteiger partial charge in [0.2, 0.25) is 5.91 Å². The summed E-state index contributed by atoms with van der Waals surface area (Å²) in [4.78, 5) is 26.6. The number of rotatable bonds is 6. The SMILES string of the molecule is COc1ccc(C(=O)N2CCCC(C(=O)NCCN)C2)cc1OC.